The number of hydrogen-bond donors (Lipinski definition) is 1. The van der Waals surface area contributed by atoms with E-state index in [4.69, 9.17) is 0 Å². The van der Waals surface area contributed by atoms with Gasteiger partial charge in [-0.2, -0.15) is 0 Å². The summed E-state index contributed by atoms with van der Waals surface area (Å²) < 4.78 is 26.6. The second-order valence-corrected chi connectivity index (χ2v) is 8.08. The molecule has 0 saturated heterocycles. The van der Waals surface area contributed by atoms with Gasteiger partial charge in [-0.3, -0.25) is 4.79 Å². The van der Waals surface area contributed by atoms with Crippen LogP contribution in [0.1, 0.15) is 28.8 Å². The summed E-state index contributed by atoms with van der Waals surface area (Å²) in [5, 5.41) is 0. The molecule has 1 amide bonds. The molecule has 5 nitrogen and oxygen atoms in total. The number of amides is 1. The van der Waals surface area contributed by atoms with Crippen molar-refractivity contribution in [1.29, 1.82) is 0 Å². The zero-order valence-corrected chi connectivity index (χ0v) is 15.3. The van der Waals surface area contributed by atoms with Gasteiger partial charge in [0.05, 0.1) is 4.90 Å². The Hall–Kier alpha value is -2.44. The summed E-state index contributed by atoms with van der Waals surface area (Å²) in [6.07, 6.45) is 3.50. The molecule has 1 aliphatic carbocycles. The minimum atomic E-state index is -3.58. The first-order chi connectivity index (χ1) is 12.5. The summed E-state index contributed by atoms with van der Waals surface area (Å²) >= 11 is 0. The minimum absolute atomic E-state index is 0.0700. The number of sulfonamides is 1. The Kier molecular flexibility index (Phi) is 5.54. The number of carbonyl (C=O) groups is 1. The molecule has 3 rings (SSSR count). The van der Waals surface area contributed by atoms with Crippen LogP contribution in [0.15, 0.2) is 72.1 Å². The Morgan fingerprint density at radius 3 is 2.35 bits per heavy atom. The maximum absolute atomic E-state index is 12.9. The first-order valence-electron chi connectivity index (χ1n) is 8.57. The van der Waals surface area contributed by atoms with Gasteiger partial charge < -0.3 is 4.90 Å². The van der Waals surface area contributed by atoms with E-state index in [-0.39, 0.29) is 23.4 Å². The molecule has 0 aromatic heterocycles. The van der Waals surface area contributed by atoms with Crippen molar-refractivity contribution in [3.63, 3.8) is 0 Å². The Morgan fingerprint density at radius 1 is 1.12 bits per heavy atom. The lowest BCUT2D eigenvalue weighted by molar-refractivity contribution is 0.0730. The summed E-state index contributed by atoms with van der Waals surface area (Å²) in [4.78, 5) is 14.9. The Morgan fingerprint density at radius 2 is 1.77 bits per heavy atom. The highest BCUT2D eigenvalue weighted by atomic mass is 32.2. The van der Waals surface area contributed by atoms with Crippen molar-refractivity contribution in [2.45, 2.75) is 30.3 Å². The van der Waals surface area contributed by atoms with Gasteiger partial charge in [0, 0.05) is 24.7 Å². The summed E-state index contributed by atoms with van der Waals surface area (Å²) in [7, 11) is -3.58. The maximum atomic E-state index is 12.9. The molecule has 2 aromatic carbocycles. The lowest BCUT2D eigenvalue weighted by atomic mass is 10.1. The fourth-order valence-corrected chi connectivity index (χ4v) is 3.73. The third-order valence-corrected chi connectivity index (χ3v) is 5.71. The molecular weight excluding hydrogens is 348 g/mol. The SMILES string of the molecule is C=CCNS(=O)(=O)c1ccc(C(=O)N(Cc2ccccc2)C2CC2)cc1. The van der Waals surface area contributed by atoms with Gasteiger partial charge in [0.15, 0.2) is 0 Å². The average Bonchev–Trinajstić information content (AvgIpc) is 3.50. The molecule has 2 aromatic rings. The first-order valence-corrected chi connectivity index (χ1v) is 10.0. The molecule has 136 valence electrons. The molecule has 0 bridgehead atoms. The smallest absolute Gasteiger partial charge is 0.254 e. The number of rotatable bonds is 8. The summed E-state index contributed by atoms with van der Waals surface area (Å²) in [6.45, 7) is 4.22. The summed E-state index contributed by atoms with van der Waals surface area (Å²) in [5.41, 5.74) is 1.58. The highest BCUT2D eigenvalue weighted by molar-refractivity contribution is 7.89. The van der Waals surface area contributed by atoms with Crippen LogP contribution in [-0.2, 0) is 16.6 Å². The molecule has 1 saturated carbocycles. The van der Waals surface area contributed by atoms with Crippen LogP contribution in [0.25, 0.3) is 0 Å². The lowest BCUT2D eigenvalue weighted by Crippen LogP contribution is -2.32. The van der Waals surface area contributed by atoms with Crippen molar-refractivity contribution in [2.75, 3.05) is 6.54 Å². The molecule has 1 aliphatic rings. The maximum Gasteiger partial charge on any atom is 0.254 e. The predicted octanol–water partition coefficient (Wildman–Crippen LogP) is 2.96. The van der Waals surface area contributed by atoms with E-state index in [1.54, 1.807) is 12.1 Å². The number of nitrogens with zero attached hydrogens (tertiary/aromatic N) is 1. The molecule has 0 heterocycles. The molecule has 6 heteroatoms. The largest absolute Gasteiger partial charge is 0.331 e. The highest BCUT2D eigenvalue weighted by Crippen LogP contribution is 2.30. The second-order valence-electron chi connectivity index (χ2n) is 6.31. The van der Waals surface area contributed by atoms with Crippen LogP contribution < -0.4 is 4.72 Å². The van der Waals surface area contributed by atoms with Gasteiger partial charge in [0.25, 0.3) is 5.91 Å². The Balaban J connectivity index is 1.76. The van der Waals surface area contributed by atoms with Crippen molar-refractivity contribution in [3.05, 3.63) is 78.4 Å². The standard InChI is InChI=1S/C20H22N2O3S/c1-2-14-21-26(24,25)19-12-8-17(9-13-19)20(23)22(18-10-11-18)15-16-6-4-3-5-7-16/h2-9,12-13,18,21H,1,10-11,14-15H2. The molecule has 26 heavy (non-hydrogen) atoms. The van der Waals surface area contributed by atoms with Crippen molar-refractivity contribution < 1.29 is 13.2 Å². The topological polar surface area (TPSA) is 66.5 Å². The van der Waals surface area contributed by atoms with Gasteiger partial charge in [-0.25, -0.2) is 13.1 Å². The van der Waals surface area contributed by atoms with Crippen molar-refractivity contribution in [1.82, 2.24) is 9.62 Å². The van der Waals surface area contributed by atoms with Gasteiger partial charge in [0.1, 0.15) is 0 Å². The zero-order valence-electron chi connectivity index (χ0n) is 14.5. The van der Waals surface area contributed by atoms with E-state index in [1.807, 2.05) is 35.2 Å². The lowest BCUT2D eigenvalue weighted by Gasteiger charge is -2.23. The monoisotopic (exact) mass is 370 g/mol. The van der Waals surface area contributed by atoms with Crippen molar-refractivity contribution in [3.8, 4) is 0 Å². The Bertz CT molecular complexity index is 873. The third-order valence-electron chi connectivity index (χ3n) is 4.27. The average molecular weight is 370 g/mol. The zero-order chi connectivity index (χ0) is 18.6. The van der Waals surface area contributed by atoms with E-state index < -0.39 is 10.0 Å². The van der Waals surface area contributed by atoms with Gasteiger partial charge >= 0.3 is 0 Å². The van der Waals surface area contributed by atoms with Gasteiger partial charge in [-0.1, -0.05) is 36.4 Å². The van der Waals surface area contributed by atoms with E-state index in [0.717, 1.165) is 18.4 Å². The van der Waals surface area contributed by atoms with Crippen LogP contribution in [0.4, 0.5) is 0 Å². The van der Waals surface area contributed by atoms with Crippen LogP contribution in [0.5, 0.6) is 0 Å². The van der Waals surface area contributed by atoms with Crippen LogP contribution in [0.2, 0.25) is 0 Å². The first kappa shape index (κ1) is 18.4. The molecular formula is C20H22N2O3S. The van der Waals surface area contributed by atoms with Crippen molar-refractivity contribution in [2.24, 2.45) is 0 Å². The molecule has 1 N–H and O–H groups in total. The normalized spacial score (nSPS) is 14.0. The van der Waals surface area contributed by atoms with Crippen LogP contribution >= 0.6 is 0 Å². The molecule has 0 unspecified atom stereocenters. The highest BCUT2D eigenvalue weighted by Gasteiger charge is 2.33. The molecule has 0 atom stereocenters. The quantitative estimate of drug-likeness (QED) is 0.727. The minimum Gasteiger partial charge on any atom is -0.331 e. The number of benzene rings is 2. The summed E-state index contributed by atoms with van der Waals surface area (Å²) in [6, 6.07) is 16.2. The molecule has 0 radical (unpaired) electrons. The van der Waals surface area contributed by atoms with E-state index in [0.29, 0.717) is 12.1 Å². The van der Waals surface area contributed by atoms with Crippen LogP contribution in [0.3, 0.4) is 0 Å². The van der Waals surface area contributed by atoms with E-state index >= 15 is 0 Å². The fourth-order valence-electron chi connectivity index (χ4n) is 2.73. The predicted molar refractivity (Wildman–Crippen MR) is 101 cm³/mol. The van der Waals surface area contributed by atoms with E-state index in [9.17, 15) is 13.2 Å². The fraction of sp³-hybridized carbons (Fsp3) is 0.250. The Labute approximate surface area is 154 Å². The third kappa shape index (κ3) is 4.39. The number of nitrogens with one attached hydrogen (secondary N) is 1. The summed E-state index contributed by atoms with van der Waals surface area (Å²) in [5.74, 6) is -0.0700. The van der Waals surface area contributed by atoms with Crippen molar-refractivity contribution >= 4 is 15.9 Å². The van der Waals surface area contributed by atoms with Gasteiger partial charge in [-0.15, -0.1) is 6.58 Å². The van der Waals surface area contributed by atoms with E-state index in [1.165, 1.54) is 18.2 Å². The van der Waals surface area contributed by atoms with Gasteiger partial charge in [-0.05, 0) is 42.7 Å². The second kappa shape index (κ2) is 7.85. The van der Waals surface area contributed by atoms with Gasteiger partial charge in [0.2, 0.25) is 10.0 Å². The van der Waals surface area contributed by atoms with E-state index in [2.05, 4.69) is 11.3 Å². The number of hydrogen-bond acceptors (Lipinski definition) is 3. The molecule has 0 spiro atoms. The molecule has 0 aliphatic heterocycles. The van der Waals surface area contributed by atoms with Crippen LogP contribution in [0, 0.1) is 0 Å². The van der Waals surface area contributed by atoms with Crippen LogP contribution in [-0.4, -0.2) is 31.8 Å². The number of carbonyl (C=O) groups excluding carboxylic acids is 1. The molecule has 1 fully saturated rings.